The second kappa shape index (κ2) is 9.69. The van der Waals surface area contributed by atoms with Gasteiger partial charge in [-0.1, -0.05) is 12.1 Å². The van der Waals surface area contributed by atoms with Crippen molar-refractivity contribution in [1.29, 1.82) is 0 Å². The summed E-state index contributed by atoms with van der Waals surface area (Å²) in [6.45, 7) is 3.73. The molecule has 0 spiro atoms. The van der Waals surface area contributed by atoms with E-state index in [1.54, 1.807) is 29.3 Å². The largest absolute Gasteiger partial charge is 0.489 e. The Morgan fingerprint density at radius 3 is 2.85 bits per heavy atom. The van der Waals surface area contributed by atoms with E-state index < -0.39 is 0 Å². The number of nitrogens with zero attached hydrogens (tertiary/aromatic N) is 4. The first-order chi connectivity index (χ1) is 16.6. The van der Waals surface area contributed by atoms with Gasteiger partial charge in [-0.2, -0.15) is 5.10 Å². The Morgan fingerprint density at radius 1 is 1.21 bits per heavy atom. The van der Waals surface area contributed by atoms with Gasteiger partial charge in [0.15, 0.2) is 11.5 Å². The number of hydrogen-bond donors (Lipinski definition) is 0. The maximum absolute atomic E-state index is 13.3. The molecule has 8 heteroatoms. The van der Waals surface area contributed by atoms with Gasteiger partial charge in [-0.25, -0.2) is 0 Å². The highest BCUT2D eigenvalue weighted by Crippen LogP contribution is 2.38. The third-order valence-corrected chi connectivity index (χ3v) is 6.73. The molecule has 3 aromatic heterocycles. The predicted molar refractivity (Wildman–Crippen MR) is 131 cm³/mol. The van der Waals surface area contributed by atoms with E-state index in [-0.39, 0.29) is 5.91 Å². The Labute approximate surface area is 202 Å². The number of fused-ring (bicyclic) bond motifs is 1. The molecule has 1 aliphatic heterocycles. The van der Waals surface area contributed by atoms with Gasteiger partial charge in [0.05, 0.1) is 18.8 Å². The van der Waals surface area contributed by atoms with Gasteiger partial charge in [0.2, 0.25) is 0 Å². The van der Waals surface area contributed by atoms with E-state index in [1.165, 1.54) is 4.88 Å². The van der Waals surface area contributed by atoms with Gasteiger partial charge in [0.25, 0.3) is 5.91 Å². The average molecular weight is 475 g/mol. The monoisotopic (exact) mass is 474 g/mol. The maximum Gasteiger partial charge on any atom is 0.272 e. The topological polar surface area (TPSA) is 69.5 Å². The summed E-state index contributed by atoms with van der Waals surface area (Å²) in [5.41, 5.74) is 4.26. The summed E-state index contributed by atoms with van der Waals surface area (Å²) in [6, 6.07) is 14.0. The Hall–Kier alpha value is -3.65. The van der Waals surface area contributed by atoms with E-state index in [0.717, 1.165) is 28.8 Å². The van der Waals surface area contributed by atoms with E-state index in [4.69, 9.17) is 9.47 Å². The number of aromatic nitrogens is 3. The zero-order chi connectivity index (χ0) is 23.5. The third kappa shape index (κ3) is 4.68. The van der Waals surface area contributed by atoms with Crippen molar-refractivity contribution in [3.8, 4) is 22.6 Å². The first-order valence-electron chi connectivity index (χ1n) is 11.2. The molecule has 174 valence electrons. The summed E-state index contributed by atoms with van der Waals surface area (Å²) in [7, 11) is 1.79. The van der Waals surface area contributed by atoms with Crippen LogP contribution in [0, 0.1) is 6.92 Å². The highest BCUT2D eigenvalue weighted by molar-refractivity contribution is 7.09. The van der Waals surface area contributed by atoms with Crippen molar-refractivity contribution < 1.29 is 14.3 Å². The summed E-state index contributed by atoms with van der Waals surface area (Å²) in [5.74, 6) is 1.33. The van der Waals surface area contributed by atoms with Gasteiger partial charge in [-0.15, -0.1) is 11.3 Å². The Kier molecular flexibility index (Phi) is 6.31. The summed E-state index contributed by atoms with van der Waals surface area (Å²) < 4.78 is 14.0. The number of thiophene rings is 1. The van der Waals surface area contributed by atoms with Gasteiger partial charge in [-0.3, -0.25) is 14.5 Å². The summed E-state index contributed by atoms with van der Waals surface area (Å²) in [6.07, 6.45) is 4.41. The van der Waals surface area contributed by atoms with Crippen LogP contribution in [0.3, 0.4) is 0 Å². The van der Waals surface area contributed by atoms with Gasteiger partial charge >= 0.3 is 0 Å². The zero-order valence-electron chi connectivity index (χ0n) is 19.2. The fourth-order valence-corrected chi connectivity index (χ4v) is 4.84. The van der Waals surface area contributed by atoms with Crippen LogP contribution in [0.2, 0.25) is 0 Å². The molecule has 0 N–H and O–H groups in total. The van der Waals surface area contributed by atoms with E-state index in [0.29, 0.717) is 43.5 Å². The lowest BCUT2D eigenvalue weighted by atomic mass is 10.0. The quantitative estimate of drug-likeness (QED) is 0.411. The number of hydrogen-bond acceptors (Lipinski definition) is 6. The molecule has 0 atom stereocenters. The van der Waals surface area contributed by atoms with Crippen molar-refractivity contribution >= 4 is 17.2 Å². The maximum atomic E-state index is 13.3. The van der Waals surface area contributed by atoms with E-state index in [1.807, 2.05) is 48.4 Å². The normalized spacial score (nSPS) is 13.2. The van der Waals surface area contributed by atoms with Gasteiger partial charge in [-0.05, 0) is 48.2 Å². The van der Waals surface area contributed by atoms with Crippen molar-refractivity contribution in [2.75, 3.05) is 19.8 Å². The minimum atomic E-state index is -0.0634. The van der Waals surface area contributed by atoms with E-state index in [9.17, 15) is 4.79 Å². The highest BCUT2D eigenvalue weighted by atomic mass is 32.1. The molecule has 4 aromatic rings. The van der Waals surface area contributed by atoms with Crippen LogP contribution >= 0.6 is 11.3 Å². The second-order valence-corrected chi connectivity index (χ2v) is 9.28. The highest BCUT2D eigenvalue weighted by Gasteiger charge is 2.26. The van der Waals surface area contributed by atoms with Gasteiger partial charge in [0, 0.05) is 48.4 Å². The lowest BCUT2D eigenvalue weighted by molar-refractivity contribution is 0.0722. The van der Waals surface area contributed by atoms with Crippen molar-refractivity contribution in [1.82, 2.24) is 19.7 Å². The molecule has 1 aliphatic rings. The smallest absolute Gasteiger partial charge is 0.272 e. The molecule has 34 heavy (non-hydrogen) atoms. The number of pyridine rings is 1. The van der Waals surface area contributed by atoms with Crippen molar-refractivity contribution in [3.05, 3.63) is 82.1 Å². The SMILES string of the molecule is Cc1cc(C(=O)N2CCOc3c(cc(-c4cccnc4)cc3OCCc3cccs3)C2)n(C)n1. The number of aryl methyl sites for hydroxylation is 2. The first kappa shape index (κ1) is 22.2. The number of carbonyl (C=O) groups excluding carboxylic acids is 1. The number of benzene rings is 1. The van der Waals surface area contributed by atoms with Gasteiger partial charge < -0.3 is 14.4 Å². The lowest BCUT2D eigenvalue weighted by Gasteiger charge is -2.20. The molecular formula is C26H26N4O3S. The fourth-order valence-electron chi connectivity index (χ4n) is 4.15. The van der Waals surface area contributed by atoms with Crippen molar-refractivity contribution in [2.24, 2.45) is 7.05 Å². The minimum absolute atomic E-state index is 0.0634. The van der Waals surface area contributed by atoms with E-state index >= 15 is 0 Å². The number of ether oxygens (including phenoxy) is 2. The standard InChI is InChI=1S/C26H26N4O3S/c1-18-13-23(29(2)28-18)26(31)30-9-11-33-25-21(17-30)14-20(19-5-3-8-27-16-19)15-24(25)32-10-7-22-6-4-12-34-22/h3-6,8,12-16H,7,9-11,17H2,1-2H3. The lowest BCUT2D eigenvalue weighted by Crippen LogP contribution is -2.33. The third-order valence-electron chi connectivity index (χ3n) is 5.79. The zero-order valence-corrected chi connectivity index (χ0v) is 20.0. The predicted octanol–water partition coefficient (Wildman–Crippen LogP) is 4.51. The van der Waals surface area contributed by atoms with Gasteiger partial charge in [0.1, 0.15) is 12.3 Å². The number of rotatable bonds is 6. The van der Waals surface area contributed by atoms with Crippen LogP contribution in [0.1, 0.15) is 26.6 Å². The van der Waals surface area contributed by atoms with Crippen LogP contribution in [0.15, 0.2) is 60.2 Å². The van der Waals surface area contributed by atoms with E-state index in [2.05, 4.69) is 27.6 Å². The Balaban J connectivity index is 1.47. The molecule has 0 fully saturated rings. The average Bonchev–Trinajstić information content (AvgIpc) is 3.42. The molecule has 0 bridgehead atoms. The Bertz CT molecular complexity index is 1290. The molecule has 4 heterocycles. The molecular weight excluding hydrogens is 448 g/mol. The fraction of sp³-hybridized carbons (Fsp3) is 0.269. The van der Waals surface area contributed by atoms with Crippen LogP contribution in [0.4, 0.5) is 0 Å². The first-order valence-corrected chi connectivity index (χ1v) is 12.1. The summed E-state index contributed by atoms with van der Waals surface area (Å²) >= 11 is 1.72. The van der Waals surface area contributed by atoms with Crippen LogP contribution in [0.5, 0.6) is 11.5 Å². The van der Waals surface area contributed by atoms with Crippen LogP contribution in [-0.4, -0.2) is 45.3 Å². The number of amides is 1. The van der Waals surface area contributed by atoms with Crippen LogP contribution in [-0.2, 0) is 20.0 Å². The molecule has 1 aromatic carbocycles. The molecule has 7 nitrogen and oxygen atoms in total. The molecule has 0 aliphatic carbocycles. The molecule has 0 saturated carbocycles. The minimum Gasteiger partial charge on any atom is -0.489 e. The van der Waals surface area contributed by atoms with Crippen molar-refractivity contribution in [2.45, 2.75) is 19.9 Å². The summed E-state index contributed by atoms with van der Waals surface area (Å²) in [4.78, 5) is 20.7. The molecule has 5 rings (SSSR count). The second-order valence-electron chi connectivity index (χ2n) is 8.25. The van der Waals surface area contributed by atoms with Crippen molar-refractivity contribution in [3.63, 3.8) is 0 Å². The Morgan fingerprint density at radius 2 is 2.12 bits per heavy atom. The molecule has 1 amide bonds. The van der Waals surface area contributed by atoms with Crippen LogP contribution < -0.4 is 9.47 Å². The molecule has 0 unspecified atom stereocenters. The van der Waals surface area contributed by atoms with Crippen LogP contribution in [0.25, 0.3) is 11.1 Å². The number of carbonyl (C=O) groups is 1. The molecule has 0 saturated heterocycles. The summed E-state index contributed by atoms with van der Waals surface area (Å²) in [5, 5.41) is 6.40. The molecule has 0 radical (unpaired) electrons.